The molecule has 0 unspecified atom stereocenters. The zero-order valence-electron chi connectivity index (χ0n) is 10.5. The lowest BCUT2D eigenvalue weighted by Crippen LogP contribution is -2.21. The molecule has 1 aromatic rings. The minimum Gasteiger partial charge on any atom is -0.377 e. The number of nitrogens with zero attached hydrogens (tertiary/aromatic N) is 3. The number of rotatable bonds is 7. The minimum atomic E-state index is 0.359. The Labute approximate surface area is 101 Å². The van der Waals surface area contributed by atoms with Gasteiger partial charge in [-0.05, 0) is 14.1 Å². The van der Waals surface area contributed by atoms with Crippen LogP contribution in [-0.2, 0) is 11.3 Å². The van der Waals surface area contributed by atoms with E-state index < -0.39 is 0 Å². The molecule has 0 aliphatic rings. The molecule has 17 heavy (non-hydrogen) atoms. The second-order valence-corrected chi connectivity index (χ2v) is 3.86. The van der Waals surface area contributed by atoms with Gasteiger partial charge in [-0.25, -0.2) is 15.8 Å². The Morgan fingerprint density at radius 3 is 2.65 bits per heavy atom. The van der Waals surface area contributed by atoms with E-state index in [9.17, 15) is 0 Å². The van der Waals surface area contributed by atoms with Gasteiger partial charge in [-0.1, -0.05) is 0 Å². The third-order valence-electron chi connectivity index (χ3n) is 2.06. The summed E-state index contributed by atoms with van der Waals surface area (Å²) < 4.78 is 5.00. The van der Waals surface area contributed by atoms with Crippen LogP contribution in [0.5, 0.6) is 0 Å². The Hall–Kier alpha value is -1.44. The van der Waals surface area contributed by atoms with Crippen molar-refractivity contribution in [3.63, 3.8) is 0 Å². The summed E-state index contributed by atoms with van der Waals surface area (Å²) in [5.41, 5.74) is 2.51. The summed E-state index contributed by atoms with van der Waals surface area (Å²) in [4.78, 5) is 10.6. The molecular weight excluding hydrogens is 220 g/mol. The number of nitrogens with two attached hydrogens (primary N) is 1. The molecule has 0 spiro atoms. The highest BCUT2D eigenvalue weighted by molar-refractivity contribution is 5.46. The van der Waals surface area contributed by atoms with Crippen LogP contribution >= 0.6 is 0 Å². The molecule has 7 nitrogen and oxygen atoms in total. The van der Waals surface area contributed by atoms with Gasteiger partial charge in [0.1, 0.15) is 18.2 Å². The van der Waals surface area contributed by atoms with Crippen LogP contribution in [0.25, 0.3) is 0 Å². The number of hydrogen-bond acceptors (Lipinski definition) is 7. The molecule has 7 heteroatoms. The maximum absolute atomic E-state index is 5.34. The Balaban J connectivity index is 2.66. The van der Waals surface area contributed by atoms with Crippen LogP contribution < -0.4 is 16.6 Å². The fraction of sp³-hybridized carbons (Fsp3) is 0.600. The first kappa shape index (κ1) is 13.6. The number of hydrazine groups is 1. The molecule has 1 rings (SSSR count). The molecule has 96 valence electrons. The first-order valence-electron chi connectivity index (χ1n) is 5.38. The molecule has 0 bridgehead atoms. The number of nitrogen functional groups attached to an aromatic ring is 1. The van der Waals surface area contributed by atoms with E-state index >= 15 is 0 Å². The molecular formula is C10H20N6O. The van der Waals surface area contributed by atoms with Gasteiger partial charge in [0, 0.05) is 26.3 Å². The number of methoxy groups -OCH3 is 1. The topological polar surface area (TPSA) is 88.3 Å². The molecule has 0 fully saturated rings. The molecule has 0 amide bonds. The Morgan fingerprint density at radius 2 is 2.06 bits per heavy atom. The standard InChI is InChI=1S/C10H20N6O/c1-16(2)5-4-12-8-6-9(15-11)14-10(13-8)7-17-3/h6H,4-5,7,11H2,1-3H3,(H2,12,13,14,15). The number of aromatic nitrogens is 2. The first-order chi connectivity index (χ1) is 8.15. The molecule has 1 aromatic heterocycles. The Kier molecular flexibility index (Phi) is 5.61. The SMILES string of the molecule is COCc1nc(NN)cc(NCCN(C)C)n1. The maximum atomic E-state index is 5.34. The van der Waals surface area contributed by atoms with E-state index in [4.69, 9.17) is 10.6 Å². The molecule has 0 aromatic carbocycles. The van der Waals surface area contributed by atoms with E-state index in [-0.39, 0.29) is 0 Å². The van der Waals surface area contributed by atoms with Crippen molar-refractivity contribution >= 4 is 11.6 Å². The smallest absolute Gasteiger partial charge is 0.158 e. The summed E-state index contributed by atoms with van der Waals surface area (Å²) in [6.07, 6.45) is 0. The van der Waals surface area contributed by atoms with Crippen molar-refractivity contribution in [2.45, 2.75) is 6.61 Å². The summed E-state index contributed by atoms with van der Waals surface area (Å²) >= 11 is 0. The third kappa shape index (κ3) is 4.94. The average molecular weight is 240 g/mol. The summed E-state index contributed by atoms with van der Waals surface area (Å²) in [5, 5.41) is 3.21. The third-order valence-corrected chi connectivity index (χ3v) is 2.06. The lowest BCUT2D eigenvalue weighted by Gasteiger charge is -2.12. The monoisotopic (exact) mass is 240 g/mol. The molecule has 0 saturated heterocycles. The molecule has 0 atom stereocenters. The highest BCUT2D eigenvalue weighted by Gasteiger charge is 2.03. The van der Waals surface area contributed by atoms with Gasteiger partial charge in [-0.15, -0.1) is 0 Å². The second-order valence-electron chi connectivity index (χ2n) is 3.86. The van der Waals surface area contributed by atoms with E-state index in [1.54, 1.807) is 13.2 Å². The van der Waals surface area contributed by atoms with Gasteiger partial charge in [-0.3, -0.25) is 0 Å². The van der Waals surface area contributed by atoms with E-state index in [1.165, 1.54) is 0 Å². The number of likely N-dealkylation sites (N-methyl/N-ethyl adjacent to an activating group) is 1. The van der Waals surface area contributed by atoms with Crippen LogP contribution in [0.2, 0.25) is 0 Å². The fourth-order valence-corrected chi connectivity index (χ4v) is 1.26. The van der Waals surface area contributed by atoms with Gasteiger partial charge >= 0.3 is 0 Å². The molecule has 0 saturated carbocycles. The molecule has 0 aliphatic carbocycles. The zero-order chi connectivity index (χ0) is 12.7. The van der Waals surface area contributed by atoms with Crippen LogP contribution in [0, 0.1) is 0 Å². The predicted octanol–water partition coefficient (Wildman–Crippen LogP) is -0.118. The molecule has 4 N–H and O–H groups in total. The van der Waals surface area contributed by atoms with Crippen molar-refractivity contribution < 1.29 is 4.74 Å². The van der Waals surface area contributed by atoms with Crippen LogP contribution in [-0.4, -0.2) is 49.2 Å². The number of anilines is 2. The van der Waals surface area contributed by atoms with Crippen molar-refractivity contribution in [1.82, 2.24) is 14.9 Å². The van der Waals surface area contributed by atoms with Crippen molar-refractivity contribution in [2.75, 3.05) is 45.0 Å². The van der Waals surface area contributed by atoms with Crippen LogP contribution in [0.15, 0.2) is 6.07 Å². The average Bonchev–Trinajstić information content (AvgIpc) is 2.28. The molecule has 0 radical (unpaired) electrons. The quantitative estimate of drug-likeness (QED) is 0.452. The van der Waals surface area contributed by atoms with Gasteiger partial charge in [0.25, 0.3) is 0 Å². The summed E-state index contributed by atoms with van der Waals surface area (Å²) in [5.74, 6) is 7.24. The predicted molar refractivity (Wildman–Crippen MR) is 67.6 cm³/mol. The van der Waals surface area contributed by atoms with Gasteiger partial charge in [-0.2, -0.15) is 0 Å². The molecule has 0 aliphatic heterocycles. The molecule has 1 heterocycles. The van der Waals surface area contributed by atoms with Crippen LogP contribution in [0.3, 0.4) is 0 Å². The first-order valence-corrected chi connectivity index (χ1v) is 5.38. The van der Waals surface area contributed by atoms with Gasteiger partial charge < -0.3 is 20.4 Å². The zero-order valence-corrected chi connectivity index (χ0v) is 10.5. The maximum Gasteiger partial charge on any atom is 0.158 e. The summed E-state index contributed by atoms with van der Waals surface area (Å²) in [6, 6.07) is 1.76. The highest BCUT2D eigenvalue weighted by atomic mass is 16.5. The Morgan fingerprint density at radius 1 is 1.35 bits per heavy atom. The fourth-order valence-electron chi connectivity index (χ4n) is 1.26. The van der Waals surface area contributed by atoms with Gasteiger partial charge in [0.15, 0.2) is 5.82 Å². The van der Waals surface area contributed by atoms with Crippen molar-refractivity contribution in [3.05, 3.63) is 11.9 Å². The van der Waals surface area contributed by atoms with Crippen molar-refractivity contribution in [1.29, 1.82) is 0 Å². The normalized spacial score (nSPS) is 10.6. The van der Waals surface area contributed by atoms with E-state index in [0.29, 0.717) is 18.2 Å². The van der Waals surface area contributed by atoms with E-state index in [0.717, 1.165) is 18.9 Å². The second kappa shape index (κ2) is 7.00. The number of nitrogens with one attached hydrogen (secondary N) is 2. The van der Waals surface area contributed by atoms with Crippen LogP contribution in [0.4, 0.5) is 11.6 Å². The minimum absolute atomic E-state index is 0.359. The van der Waals surface area contributed by atoms with Crippen LogP contribution in [0.1, 0.15) is 5.82 Å². The highest BCUT2D eigenvalue weighted by Crippen LogP contribution is 2.10. The lowest BCUT2D eigenvalue weighted by atomic mass is 10.4. The van der Waals surface area contributed by atoms with Crippen molar-refractivity contribution in [3.8, 4) is 0 Å². The lowest BCUT2D eigenvalue weighted by molar-refractivity contribution is 0.178. The van der Waals surface area contributed by atoms with Crippen molar-refractivity contribution in [2.24, 2.45) is 5.84 Å². The summed E-state index contributed by atoms with van der Waals surface area (Å²) in [6.45, 7) is 2.09. The number of ether oxygens (including phenoxy) is 1. The van der Waals surface area contributed by atoms with E-state index in [2.05, 4.69) is 25.6 Å². The van der Waals surface area contributed by atoms with Gasteiger partial charge in [0.05, 0.1) is 0 Å². The summed E-state index contributed by atoms with van der Waals surface area (Å²) in [7, 11) is 5.64. The van der Waals surface area contributed by atoms with Gasteiger partial charge in [0.2, 0.25) is 0 Å². The largest absolute Gasteiger partial charge is 0.377 e. The number of hydrogen-bond donors (Lipinski definition) is 3. The van der Waals surface area contributed by atoms with E-state index in [1.807, 2.05) is 14.1 Å². The Bertz CT molecular complexity index is 344.